The molecule has 1 unspecified atom stereocenters. The van der Waals surface area contributed by atoms with E-state index in [4.69, 9.17) is 4.74 Å². The monoisotopic (exact) mass is 604 g/mol. The Bertz CT molecular complexity index is 1290. The van der Waals surface area contributed by atoms with Crippen LogP contribution >= 0.6 is 0 Å². The number of benzene rings is 2. The highest BCUT2D eigenvalue weighted by Gasteiger charge is 2.35. The second kappa shape index (κ2) is 17.6. The number of nitrogens with one attached hydrogen (secondary N) is 4. The molecule has 1 aliphatic carbocycles. The van der Waals surface area contributed by atoms with Gasteiger partial charge in [-0.2, -0.15) is 0 Å². The van der Waals surface area contributed by atoms with Crippen molar-refractivity contribution in [3.8, 4) is 0 Å². The van der Waals surface area contributed by atoms with Crippen LogP contribution < -0.4 is 21.3 Å². The van der Waals surface area contributed by atoms with E-state index in [0.29, 0.717) is 12.0 Å². The molecule has 0 radical (unpaired) electrons. The number of ether oxygens (including phenoxy) is 1. The van der Waals surface area contributed by atoms with Crippen molar-refractivity contribution in [1.82, 2.24) is 21.3 Å². The van der Waals surface area contributed by atoms with Crippen LogP contribution in [0.2, 0.25) is 0 Å². The van der Waals surface area contributed by atoms with Gasteiger partial charge in [0.25, 0.3) is 5.91 Å². The third kappa shape index (κ3) is 10.7. The first-order chi connectivity index (χ1) is 21.2. The van der Waals surface area contributed by atoms with Crippen LogP contribution in [0.4, 0.5) is 4.79 Å². The molecule has 4 amide bonds. The first-order valence-electron chi connectivity index (χ1n) is 15.1. The van der Waals surface area contributed by atoms with Crippen molar-refractivity contribution in [1.29, 1.82) is 0 Å². The van der Waals surface area contributed by atoms with Crippen LogP contribution in [0.3, 0.4) is 0 Å². The Morgan fingerprint density at radius 2 is 1.48 bits per heavy atom. The molecule has 1 saturated carbocycles. The lowest BCUT2D eigenvalue weighted by Crippen LogP contribution is -2.55. The van der Waals surface area contributed by atoms with E-state index in [1.54, 1.807) is 61.5 Å². The molecule has 44 heavy (non-hydrogen) atoms. The summed E-state index contributed by atoms with van der Waals surface area (Å²) in [6, 6.07) is 14.4. The molecule has 2 aromatic rings. The van der Waals surface area contributed by atoms with Crippen molar-refractivity contribution in [2.75, 3.05) is 6.54 Å². The Morgan fingerprint density at radius 3 is 2.09 bits per heavy atom. The number of hydrogen-bond acceptors (Lipinski definition) is 7. The van der Waals surface area contributed by atoms with E-state index in [0.717, 1.165) is 37.7 Å². The fourth-order valence-electron chi connectivity index (χ4n) is 5.26. The molecule has 0 spiro atoms. The zero-order valence-electron chi connectivity index (χ0n) is 25.3. The zero-order valence-corrected chi connectivity index (χ0v) is 25.3. The van der Waals surface area contributed by atoms with Gasteiger partial charge in [0.2, 0.25) is 25.4 Å². The summed E-state index contributed by atoms with van der Waals surface area (Å²) in [6.07, 6.45) is 5.15. The quantitative estimate of drug-likeness (QED) is 0.137. The molecule has 234 valence electrons. The molecule has 0 saturated heterocycles. The van der Waals surface area contributed by atoms with Crippen molar-refractivity contribution < 1.29 is 33.5 Å². The van der Waals surface area contributed by atoms with E-state index in [9.17, 15) is 28.8 Å². The maximum Gasteiger partial charge on any atom is 0.325 e. The summed E-state index contributed by atoms with van der Waals surface area (Å²) in [5.41, 5.74) is 1.24. The van der Waals surface area contributed by atoms with E-state index in [1.165, 1.54) is 7.85 Å². The fourth-order valence-corrected chi connectivity index (χ4v) is 5.26. The third-order valence-electron chi connectivity index (χ3n) is 7.51. The van der Waals surface area contributed by atoms with Crippen LogP contribution in [0.5, 0.6) is 0 Å². The lowest BCUT2D eigenvalue weighted by Gasteiger charge is -2.31. The van der Waals surface area contributed by atoms with Crippen LogP contribution in [-0.4, -0.2) is 61.8 Å². The molecular formula is C32H41BN4O7. The maximum atomic E-state index is 13.6. The number of esters is 1. The van der Waals surface area contributed by atoms with Gasteiger partial charge in [0.05, 0.1) is 6.04 Å². The molecule has 1 fully saturated rings. The van der Waals surface area contributed by atoms with E-state index in [-0.39, 0.29) is 24.8 Å². The summed E-state index contributed by atoms with van der Waals surface area (Å²) in [4.78, 5) is 77.0. The first-order valence-corrected chi connectivity index (χ1v) is 15.1. The topological polar surface area (TPSA) is 160 Å². The Hall–Kier alpha value is -4.48. The van der Waals surface area contributed by atoms with E-state index >= 15 is 0 Å². The molecule has 4 N–H and O–H groups in total. The lowest BCUT2D eigenvalue weighted by atomic mass is 9.83. The number of carbonyl (C=O) groups excluding carboxylic acids is 6. The van der Waals surface area contributed by atoms with Crippen LogP contribution in [0.1, 0.15) is 69.0 Å². The number of amides is 4. The van der Waals surface area contributed by atoms with Crippen molar-refractivity contribution >= 4 is 43.1 Å². The average molecular weight is 605 g/mol. The standard InChI is InChI=1S/C32H41BN4O7/c1-2-12-24(28(39)31(42)34-19-25(38)44-20-21-13-6-3-7-14-21)35-29(40)26(22-15-8-4-9-16-22)36-30(41)27(37-32(33)43)23-17-10-5-11-18-23/h3-4,6-9,13-16,23-24,26-27H,2,5,10-12,17-20,33H2,1H3,(H,34,42)(H,35,40)(H,36,41)(H,37,43)/t24?,26-,27-/m0/s1. The summed E-state index contributed by atoms with van der Waals surface area (Å²) in [5.74, 6) is -4.27. The van der Waals surface area contributed by atoms with Gasteiger partial charge in [0, 0.05) is 0 Å². The van der Waals surface area contributed by atoms with Crippen LogP contribution in [-0.2, 0) is 35.3 Å². The lowest BCUT2D eigenvalue weighted by molar-refractivity contribution is -0.146. The molecule has 1 aliphatic rings. The molecule has 3 atom stereocenters. The zero-order chi connectivity index (χ0) is 31.9. The number of Topliss-reactive ketones (excluding diaryl/α,β-unsaturated/α-hetero) is 1. The number of hydrogen-bond donors (Lipinski definition) is 4. The highest BCUT2D eigenvalue weighted by molar-refractivity contribution is 6.57. The largest absolute Gasteiger partial charge is 0.460 e. The Morgan fingerprint density at radius 1 is 0.841 bits per heavy atom. The predicted octanol–water partition coefficient (Wildman–Crippen LogP) is 1.85. The van der Waals surface area contributed by atoms with Crippen molar-refractivity contribution in [2.45, 2.75) is 76.6 Å². The second-order valence-electron chi connectivity index (χ2n) is 11.0. The Balaban J connectivity index is 1.67. The smallest absolute Gasteiger partial charge is 0.325 e. The van der Waals surface area contributed by atoms with Crippen molar-refractivity contribution in [3.63, 3.8) is 0 Å². The highest BCUT2D eigenvalue weighted by atomic mass is 16.5. The number of carbonyl (C=O) groups is 6. The summed E-state index contributed by atoms with van der Waals surface area (Å²) in [7, 11) is 1.35. The van der Waals surface area contributed by atoms with Gasteiger partial charge in [-0.15, -0.1) is 0 Å². The summed E-state index contributed by atoms with van der Waals surface area (Å²) in [6.45, 7) is 1.30. The van der Waals surface area contributed by atoms with E-state index < -0.39 is 54.1 Å². The van der Waals surface area contributed by atoms with Crippen LogP contribution in [0.25, 0.3) is 0 Å². The molecule has 2 aromatic carbocycles. The minimum Gasteiger partial charge on any atom is -0.460 e. The molecule has 0 heterocycles. The van der Waals surface area contributed by atoms with Gasteiger partial charge in [-0.05, 0) is 36.3 Å². The highest BCUT2D eigenvalue weighted by Crippen LogP contribution is 2.27. The summed E-state index contributed by atoms with van der Waals surface area (Å²) < 4.78 is 5.13. The predicted molar refractivity (Wildman–Crippen MR) is 166 cm³/mol. The second-order valence-corrected chi connectivity index (χ2v) is 11.0. The minimum atomic E-state index is -1.19. The third-order valence-corrected chi connectivity index (χ3v) is 7.51. The van der Waals surface area contributed by atoms with Gasteiger partial charge in [0.15, 0.2) is 5.81 Å². The number of rotatable bonds is 15. The molecule has 11 nitrogen and oxygen atoms in total. The normalized spacial score (nSPS) is 15.1. The van der Waals surface area contributed by atoms with Gasteiger partial charge in [-0.1, -0.05) is 93.3 Å². The minimum absolute atomic E-state index is 0.0220. The van der Waals surface area contributed by atoms with Gasteiger partial charge in [0.1, 0.15) is 25.2 Å². The Kier molecular flexibility index (Phi) is 13.6. The van der Waals surface area contributed by atoms with Gasteiger partial charge in [-0.3, -0.25) is 28.8 Å². The average Bonchev–Trinajstić information content (AvgIpc) is 3.04. The molecule has 0 bridgehead atoms. The molecule has 0 aromatic heterocycles. The van der Waals surface area contributed by atoms with Crippen molar-refractivity contribution in [3.05, 3.63) is 71.8 Å². The van der Waals surface area contributed by atoms with E-state index in [1.807, 2.05) is 6.07 Å². The van der Waals surface area contributed by atoms with Crippen LogP contribution in [0.15, 0.2) is 60.7 Å². The van der Waals surface area contributed by atoms with E-state index in [2.05, 4.69) is 21.3 Å². The molecule has 12 heteroatoms. The van der Waals surface area contributed by atoms with Crippen LogP contribution in [0, 0.1) is 5.92 Å². The van der Waals surface area contributed by atoms with Gasteiger partial charge in [-0.25, -0.2) is 0 Å². The fraction of sp³-hybridized carbons (Fsp3) is 0.438. The van der Waals surface area contributed by atoms with Gasteiger partial charge >= 0.3 is 5.97 Å². The number of ketones is 1. The SMILES string of the molecule is BC(=O)N[C@H](C(=O)N[C@H](C(=O)NC(CCC)C(=O)C(=O)NCC(=O)OCc1ccccc1)c1ccccc1)C1CCCCC1. The summed E-state index contributed by atoms with van der Waals surface area (Å²) in [5, 5.41) is 10.4. The molecule has 3 rings (SSSR count). The molecule has 0 aliphatic heterocycles. The maximum absolute atomic E-state index is 13.6. The first kappa shape index (κ1) is 34.0. The summed E-state index contributed by atoms with van der Waals surface area (Å²) >= 11 is 0. The van der Waals surface area contributed by atoms with Gasteiger partial charge < -0.3 is 26.0 Å². The Labute approximate surface area is 258 Å². The molecular weight excluding hydrogens is 563 g/mol. The van der Waals surface area contributed by atoms with Crippen molar-refractivity contribution in [2.24, 2.45) is 5.92 Å².